The molecule has 0 aliphatic carbocycles. The van der Waals surface area contributed by atoms with Gasteiger partial charge in [-0.3, -0.25) is 9.59 Å². The largest absolute Gasteiger partial charge is 0.490 e. The highest BCUT2D eigenvalue weighted by Gasteiger charge is 2.25. The van der Waals surface area contributed by atoms with Gasteiger partial charge in [0.1, 0.15) is 30.6 Å². The molecule has 1 unspecified atom stereocenters. The number of rotatable bonds is 9. The van der Waals surface area contributed by atoms with Crippen LogP contribution < -0.4 is 20.5 Å². The van der Waals surface area contributed by atoms with Gasteiger partial charge in [0, 0.05) is 18.3 Å². The van der Waals surface area contributed by atoms with Gasteiger partial charge in [-0.2, -0.15) is 0 Å². The molecule has 0 bridgehead atoms. The summed E-state index contributed by atoms with van der Waals surface area (Å²) < 4.78 is 16.1. The van der Waals surface area contributed by atoms with Gasteiger partial charge in [0.15, 0.2) is 0 Å². The average molecular weight is 398 g/mol. The number of benzene rings is 2. The summed E-state index contributed by atoms with van der Waals surface area (Å²) in [6, 6.07) is 13.3. The van der Waals surface area contributed by atoms with Crippen LogP contribution in [0.15, 0.2) is 42.5 Å². The van der Waals surface area contributed by atoms with Crippen molar-refractivity contribution in [2.24, 2.45) is 11.7 Å². The zero-order valence-corrected chi connectivity index (χ0v) is 16.5. The van der Waals surface area contributed by atoms with Crippen molar-refractivity contribution >= 4 is 17.6 Å². The molecule has 0 saturated carbocycles. The van der Waals surface area contributed by atoms with Gasteiger partial charge in [-0.05, 0) is 48.6 Å². The van der Waals surface area contributed by atoms with Crippen LogP contribution in [0.5, 0.6) is 11.5 Å². The predicted molar refractivity (Wildman–Crippen MR) is 109 cm³/mol. The quantitative estimate of drug-likeness (QED) is 0.382. The van der Waals surface area contributed by atoms with Crippen LogP contribution in [0.1, 0.15) is 17.5 Å². The van der Waals surface area contributed by atoms with E-state index in [1.165, 1.54) is 12.7 Å². The number of ether oxygens (including phenoxy) is 3. The number of anilines is 1. The lowest BCUT2D eigenvalue weighted by Crippen LogP contribution is -2.32. The molecular weight excluding hydrogens is 372 g/mol. The third-order valence-electron chi connectivity index (χ3n) is 4.83. The van der Waals surface area contributed by atoms with Gasteiger partial charge in [-0.1, -0.05) is 18.2 Å². The molecule has 2 aromatic carbocycles. The van der Waals surface area contributed by atoms with Crippen LogP contribution in [-0.4, -0.2) is 38.7 Å². The van der Waals surface area contributed by atoms with Gasteiger partial charge in [0.25, 0.3) is 0 Å². The van der Waals surface area contributed by atoms with Crippen molar-refractivity contribution in [2.75, 3.05) is 32.2 Å². The Kier molecular flexibility index (Phi) is 6.94. The number of amides is 1. The fraction of sp³-hybridized carbons (Fsp3) is 0.364. The molecule has 0 fully saturated rings. The lowest BCUT2D eigenvalue weighted by Gasteiger charge is -2.18. The van der Waals surface area contributed by atoms with Gasteiger partial charge < -0.3 is 25.3 Å². The van der Waals surface area contributed by atoms with Crippen molar-refractivity contribution < 1.29 is 23.8 Å². The van der Waals surface area contributed by atoms with E-state index in [-0.39, 0.29) is 6.42 Å². The van der Waals surface area contributed by atoms with Crippen LogP contribution in [0.25, 0.3) is 0 Å². The van der Waals surface area contributed by atoms with E-state index in [4.69, 9.17) is 15.2 Å². The standard InChI is InChI=1S/C22H26N2O5/c1-27-22(26)19(21(23)25)13-15-4-7-17(8-5-15)28-11-12-29-18-9-6-16-3-2-10-24-20(16)14-18/h4-9,14,19,24H,2-3,10-13H2,1H3,(H2,23,25). The Hall–Kier alpha value is -3.22. The Bertz CT molecular complexity index is 851. The smallest absolute Gasteiger partial charge is 0.318 e. The van der Waals surface area contributed by atoms with Crippen LogP contribution in [0.2, 0.25) is 0 Å². The van der Waals surface area contributed by atoms with Crippen LogP contribution in [0.3, 0.4) is 0 Å². The fourth-order valence-electron chi connectivity index (χ4n) is 3.25. The summed E-state index contributed by atoms with van der Waals surface area (Å²) in [6.45, 7) is 1.82. The average Bonchev–Trinajstić information content (AvgIpc) is 2.75. The van der Waals surface area contributed by atoms with E-state index in [0.717, 1.165) is 36.4 Å². The molecule has 0 radical (unpaired) electrons. The molecule has 1 atom stereocenters. The number of carbonyl (C=O) groups excluding carboxylic acids is 2. The second-order valence-corrected chi connectivity index (χ2v) is 6.87. The molecule has 0 spiro atoms. The summed E-state index contributed by atoms with van der Waals surface area (Å²) in [5, 5.41) is 3.39. The van der Waals surface area contributed by atoms with E-state index in [1.54, 1.807) is 24.3 Å². The maximum absolute atomic E-state index is 11.6. The molecule has 7 heteroatoms. The molecule has 3 N–H and O–H groups in total. The van der Waals surface area contributed by atoms with Gasteiger partial charge >= 0.3 is 5.97 Å². The van der Waals surface area contributed by atoms with Crippen molar-refractivity contribution in [1.82, 2.24) is 0 Å². The lowest BCUT2D eigenvalue weighted by molar-refractivity contribution is -0.149. The van der Waals surface area contributed by atoms with Crippen molar-refractivity contribution in [3.8, 4) is 11.5 Å². The number of methoxy groups -OCH3 is 1. The van der Waals surface area contributed by atoms with Gasteiger partial charge in [0.05, 0.1) is 7.11 Å². The van der Waals surface area contributed by atoms with E-state index >= 15 is 0 Å². The first-order valence-electron chi connectivity index (χ1n) is 9.65. The third kappa shape index (κ3) is 5.63. The zero-order valence-electron chi connectivity index (χ0n) is 16.5. The highest BCUT2D eigenvalue weighted by Crippen LogP contribution is 2.26. The number of primary amides is 1. The van der Waals surface area contributed by atoms with Gasteiger partial charge in [0.2, 0.25) is 5.91 Å². The summed E-state index contributed by atoms with van der Waals surface area (Å²) >= 11 is 0. The highest BCUT2D eigenvalue weighted by molar-refractivity contribution is 5.97. The topological polar surface area (TPSA) is 99.9 Å². The maximum Gasteiger partial charge on any atom is 0.318 e. The number of hydrogen-bond acceptors (Lipinski definition) is 6. The Balaban J connectivity index is 1.45. The lowest BCUT2D eigenvalue weighted by atomic mass is 9.99. The number of aryl methyl sites for hydroxylation is 1. The molecule has 1 amide bonds. The molecule has 29 heavy (non-hydrogen) atoms. The van der Waals surface area contributed by atoms with Crippen molar-refractivity contribution in [2.45, 2.75) is 19.3 Å². The summed E-state index contributed by atoms with van der Waals surface area (Å²) in [5.41, 5.74) is 8.54. The molecule has 0 saturated heterocycles. The van der Waals surface area contributed by atoms with Crippen LogP contribution in [-0.2, 0) is 27.2 Å². The Morgan fingerprint density at radius 2 is 1.76 bits per heavy atom. The van der Waals surface area contributed by atoms with Crippen molar-refractivity contribution in [3.05, 3.63) is 53.6 Å². The van der Waals surface area contributed by atoms with Crippen LogP contribution >= 0.6 is 0 Å². The highest BCUT2D eigenvalue weighted by atomic mass is 16.5. The molecule has 1 aliphatic rings. The number of esters is 1. The normalized spacial score (nSPS) is 13.6. The second kappa shape index (κ2) is 9.82. The molecule has 7 nitrogen and oxygen atoms in total. The van der Waals surface area contributed by atoms with E-state index in [0.29, 0.717) is 19.0 Å². The number of fused-ring (bicyclic) bond motifs is 1. The van der Waals surface area contributed by atoms with E-state index < -0.39 is 17.8 Å². The van der Waals surface area contributed by atoms with Gasteiger partial charge in [-0.15, -0.1) is 0 Å². The Morgan fingerprint density at radius 1 is 1.07 bits per heavy atom. The van der Waals surface area contributed by atoms with E-state index in [9.17, 15) is 9.59 Å². The van der Waals surface area contributed by atoms with E-state index in [2.05, 4.69) is 16.1 Å². The number of nitrogens with one attached hydrogen (secondary N) is 1. The predicted octanol–water partition coefficient (Wildman–Crippen LogP) is 2.32. The van der Waals surface area contributed by atoms with Gasteiger partial charge in [-0.25, -0.2) is 0 Å². The number of nitrogens with two attached hydrogens (primary N) is 1. The van der Waals surface area contributed by atoms with Crippen molar-refractivity contribution in [3.63, 3.8) is 0 Å². The Morgan fingerprint density at radius 3 is 2.45 bits per heavy atom. The first-order valence-corrected chi connectivity index (χ1v) is 9.65. The summed E-state index contributed by atoms with van der Waals surface area (Å²) in [5.74, 6) is -0.833. The minimum absolute atomic E-state index is 0.192. The van der Waals surface area contributed by atoms with Crippen LogP contribution in [0.4, 0.5) is 5.69 Å². The summed E-state index contributed by atoms with van der Waals surface area (Å²) in [4.78, 5) is 23.1. The first-order chi connectivity index (χ1) is 14.1. The molecule has 0 aromatic heterocycles. The minimum atomic E-state index is -0.994. The molecular formula is C22H26N2O5. The molecule has 154 valence electrons. The first kappa shape index (κ1) is 20.5. The monoisotopic (exact) mass is 398 g/mol. The van der Waals surface area contributed by atoms with Crippen LogP contribution in [0, 0.1) is 5.92 Å². The second-order valence-electron chi connectivity index (χ2n) is 6.87. The minimum Gasteiger partial charge on any atom is -0.490 e. The van der Waals surface area contributed by atoms with E-state index in [1.807, 2.05) is 12.1 Å². The zero-order chi connectivity index (χ0) is 20.6. The number of carbonyl (C=O) groups is 2. The summed E-state index contributed by atoms with van der Waals surface area (Å²) in [7, 11) is 1.23. The number of hydrogen-bond donors (Lipinski definition) is 2. The van der Waals surface area contributed by atoms with Crippen molar-refractivity contribution in [1.29, 1.82) is 0 Å². The molecule has 3 rings (SSSR count). The molecule has 2 aromatic rings. The maximum atomic E-state index is 11.6. The molecule has 1 heterocycles. The summed E-state index contributed by atoms with van der Waals surface area (Å²) in [6.07, 6.45) is 2.45. The molecule has 1 aliphatic heterocycles. The fourth-order valence-corrected chi connectivity index (χ4v) is 3.25. The third-order valence-corrected chi connectivity index (χ3v) is 4.83. The SMILES string of the molecule is COC(=O)C(Cc1ccc(OCCOc2ccc3c(c2)NCCC3)cc1)C(N)=O. The Labute approximate surface area is 170 Å².